The fraction of sp³-hybridized carbons (Fsp3) is 0.529. The molecule has 2 amide bonds. The molecule has 0 aliphatic rings. The van der Waals surface area contributed by atoms with Gasteiger partial charge in [-0.1, -0.05) is 13.8 Å². The van der Waals surface area contributed by atoms with Crippen LogP contribution >= 0.6 is 0 Å². The van der Waals surface area contributed by atoms with Crippen LogP contribution in [0.3, 0.4) is 0 Å². The second-order valence-electron chi connectivity index (χ2n) is 5.95. The van der Waals surface area contributed by atoms with Crippen LogP contribution in [0.25, 0.3) is 0 Å². The smallest absolute Gasteiger partial charge is 0.239 e. The standard InChI is InChI=1S/C17H27N3O5/c1-10(2)16(18)17(23)20-9-15(22)19-8-14(21)11-5-12(24-3)7-13(6-11)25-4/h5-7,10,14,16,21H,8-9,18H2,1-4H3,(H,19,22)(H,20,23)/t14?,16-/m0/s1. The molecule has 2 atom stereocenters. The summed E-state index contributed by atoms with van der Waals surface area (Å²) in [5.74, 6) is 0.249. The highest BCUT2D eigenvalue weighted by Crippen LogP contribution is 2.26. The number of benzene rings is 1. The van der Waals surface area contributed by atoms with E-state index in [1.54, 1.807) is 18.2 Å². The SMILES string of the molecule is COc1cc(OC)cc(C(O)CNC(=O)CNC(=O)[C@@H](N)C(C)C)c1. The van der Waals surface area contributed by atoms with Gasteiger partial charge in [0, 0.05) is 12.6 Å². The maximum Gasteiger partial charge on any atom is 0.239 e. The van der Waals surface area contributed by atoms with Gasteiger partial charge in [0.25, 0.3) is 0 Å². The third-order valence-electron chi connectivity index (χ3n) is 3.70. The molecule has 0 heterocycles. The summed E-state index contributed by atoms with van der Waals surface area (Å²) in [5.41, 5.74) is 6.24. The molecule has 1 aromatic carbocycles. The van der Waals surface area contributed by atoms with Gasteiger partial charge in [-0.25, -0.2) is 0 Å². The van der Waals surface area contributed by atoms with Crippen molar-refractivity contribution in [3.63, 3.8) is 0 Å². The number of ether oxygens (including phenoxy) is 2. The van der Waals surface area contributed by atoms with Crippen LogP contribution in [0.1, 0.15) is 25.5 Å². The van der Waals surface area contributed by atoms with Crippen LogP contribution < -0.4 is 25.8 Å². The Balaban J connectivity index is 2.52. The van der Waals surface area contributed by atoms with E-state index in [9.17, 15) is 14.7 Å². The Morgan fingerprint density at radius 3 is 2.16 bits per heavy atom. The Hall–Kier alpha value is -2.32. The molecule has 0 aliphatic carbocycles. The monoisotopic (exact) mass is 353 g/mol. The average Bonchev–Trinajstić information content (AvgIpc) is 2.62. The quantitative estimate of drug-likeness (QED) is 0.494. The molecule has 0 saturated heterocycles. The van der Waals surface area contributed by atoms with Gasteiger partial charge < -0.3 is 30.9 Å². The van der Waals surface area contributed by atoms with E-state index in [4.69, 9.17) is 15.2 Å². The lowest BCUT2D eigenvalue weighted by Crippen LogP contribution is -2.47. The molecule has 8 heteroatoms. The van der Waals surface area contributed by atoms with Crippen molar-refractivity contribution < 1.29 is 24.2 Å². The van der Waals surface area contributed by atoms with Crippen molar-refractivity contribution in [2.75, 3.05) is 27.3 Å². The molecule has 1 aromatic rings. The fourth-order valence-electron chi connectivity index (χ4n) is 2.00. The van der Waals surface area contributed by atoms with Gasteiger partial charge >= 0.3 is 0 Å². The Morgan fingerprint density at radius 1 is 1.12 bits per heavy atom. The number of methoxy groups -OCH3 is 2. The summed E-state index contributed by atoms with van der Waals surface area (Å²) in [6.45, 7) is 3.43. The molecular formula is C17H27N3O5. The number of nitrogens with one attached hydrogen (secondary N) is 2. The minimum absolute atomic E-state index is 0.0126. The third-order valence-corrected chi connectivity index (χ3v) is 3.70. The van der Waals surface area contributed by atoms with Gasteiger partial charge in [-0.2, -0.15) is 0 Å². The third kappa shape index (κ3) is 6.60. The van der Waals surface area contributed by atoms with Gasteiger partial charge in [-0.05, 0) is 23.6 Å². The second kappa shape index (κ2) is 9.85. The van der Waals surface area contributed by atoms with Crippen molar-refractivity contribution in [1.29, 1.82) is 0 Å². The van der Waals surface area contributed by atoms with E-state index < -0.39 is 18.1 Å². The summed E-state index contributed by atoms with van der Waals surface area (Å²) in [4.78, 5) is 23.5. The van der Waals surface area contributed by atoms with E-state index in [0.29, 0.717) is 17.1 Å². The van der Waals surface area contributed by atoms with Gasteiger partial charge in [-0.15, -0.1) is 0 Å². The number of aliphatic hydroxyl groups excluding tert-OH is 1. The zero-order chi connectivity index (χ0) is 19.0. The van der Waals surface area contributed by atoms with Crippen molar-refractivity contribution in [3.05, 3.63) is 23.8 Å². The van der Waals surface area contributed by atoms with Gasteiger partial charge in [0.15, 0.2) is 0 Å². The number of hydrogen-bond donors (Lipinski definition) is 4. The molecule has 25 heavy (non-hydrogen) atoms. The molecule has 0 fully saturated rings. The average molecular weight is 353 g/mol. The van der Waals surface area contributed by atoms with E-state index in [1.807, 2.05) is 13.8 Å². The molecule has 1 rings (SSSR count). The highest BCUT2D eigenvalue weighted by atomic mass is 16.5. The van der Waals surface area contributed by atoms with Crippen LogP contribution in [-0.2, 0) is 9.59 Å². The zero-order valence-electron chi connectivity index (χ0n) is 15.0. The molecule has 0 radical (unpaired) electrons. The van der Waals surface area contributed by atoms with Crippen molar-refractivity contribution >= 4 is 11.8 Å². The first-order valence-electron chi connectivity index (χ1n) is 7.99. The minimum Gasteiger partial charge on any atom is -0.497 e. The van der Waals surface area contributed by atoms with Crippen LogP contribution in [0.4, 0.5) is 0 Å². The Morgan fingerprint density at radius 2 is 1.68 bits per heavy atom. The van der Waals surface area contributed by atoms with E-state index in [0.717, 1.165) is 0 Å². The van der Waals surface area contributed by atoms with Gasteiger partial charge in [-0.3, -0.25) is 9.59 Å². The van der Waals surface area contributed by atoms with Gasteiger partial charge in [0.2, 0.25) is 11.8 Å². The summed E-state index contributed by atoms with van der Waals surface area (Å²) in [6, 6.07) is 4.33. The number of carbonyl (C=O) groups excluding carboxylic acids is 2. The van der Waals surface area contributed by atoms with Crippen LogP contribution in [0.15, 0.2) is 18.2 Å². The number of nitrogens with two attached hydrogens (primary N) is 1. The Labute approximate surface area is 147 Å². The lowest BCUT2D eigenvalue weighted by molar-refractivity contribution is -0.127. The maximum atomic E-state index is 11.8. The molecule has 1 unspecified atom stereocenters. The predicted molar refractivity (Wildman–Crippen MR) is 93.3 cm³/mol. The van der Waals surface area contributed by atoms with E-state index >= 15 is 0 Å². The molecule has 8 nitrogen and oxygen atoms in total. The van der Waals surface area contributed by atoms with E-state index in [-0.39, 0.29) is 24.9 Å². The van der Waals surface area contributed by atoms with Crippen LogP contribution in [0, 0.1) is 5.92 Å². The molecule has 0 aliphatic heterocycles. The fourth-order valence-corrected chi connectivity index (χ4v) is 2.00. The number of rotatable bonds is 9. The predicted octanol–water partition coefficient (Wildman–Crippen LogP) is -0.0471. The topological polar surface area (TPSA) is 123 Å². The van der Waals surface area contributed by atoms with Gasteiger partial charge in [0.1, 0.15) is 11.5 Å². The van der Waals surface area contributed by atoms with Crippen LogP contribution in [0.5, 0.6) is 11.5 Å². The van der Waals surface area contributed by atoms with Gasteiger partial charge in [0.05, 0.1) is 32.9 Å². The zero-order valence-corrected chi connectivity index (χ0v) is 15.0. The molecular weight excluding hydrogens is 326 g/mol. The van der Waals surface area contributed by atoms with E-state index in [1.165, 1.54) is 14.2 Å². The van der Waals surface area contributed by atoms with Crippen molar-refractivity contribution in [2.24, 2.45) is 11.7 Å². The summed E-state index contributed by atoms with van der Waals surface area (Å²) in [5, 5.41) is 15.2. The van der Waals surface area contributed by atoms with Crippen molar-refractivity contribution in [2.45, 2.75) is 26.0 Å². The lowest BCUT2D eigenvalue weighted by atomic mass is 10.1. The summed E-state index contributed by atoms with van der Waals surface area (Å²) >= 11 is 0. The molecule has 0 saturated carbocycles. The largest absolute Gasteiger partial charge is 0.497 e. The number of hydrogen-bond acceptors (Lipinski definition) is 6. The molecule has 0 bridgehead atoms. The van der Waals surface area contributed by atoms with Crippen molar-refractivity contribution in [1.82, 2.24) is 10.6 Å². The first kappa shape index (κ1) is 20.7. The van der Waals surface area contributed by atoms with E-state index in [2.05, 4.69) is 10.6 Å². The number of amides is 2. The van der Waals surface area contributed by atoms with Crippen molar-refractivity contribution in [3.8, 4) is 11.5 Å². The number of aliphatic hydroxyl groups is 1. The minimum atomic E-state index is -0.943. The molecule has 5 N–H and O–H groups in total. The normalized spacial score (nSPS) is 13.1. The highest BCUT2D eigenvalue weighted by Gasteiger charge is 2.18. The highest BCUT2D eigenvalue weighted by molar-refractivity contribution is 5.87. The number of carbonyl (C=O) groups is 2. The summed E-state index contributed by atoms with van der Waals surface area (Å²) in [6.07, 6.45) is -0.943. The van der Waals surface area contributed by atoms with Crippen LogP contribution in [0.2, 0.25) is 0 Å². The molecule has 0 spiro atoms. The summed E-state index contributed by atoms with van der Waals surface area (Å²) in [7, 11) is 3.02. The Kier molecular flexibility index (Phi) is 8.17. The molecule has 0 aromatic heterocycles. The first-order valence-corrected chi connectivity index (χ1v) is 7.99. The Bertz CT molecular complexity index is 569. The first-order chi connectivity index (χ1) is 11.8. The lowest BCUT2D eigenvalue weighted by Gasteiger charge is -2.16. The molecule has 140 valence electrons. The summed E-state index contributed by atoms with van der Waals surface area (Å²) < 4.78 is 10.3. The van der Waals surface area contributed by atoms with Crippen LogP contribution in [-0.4, -0.2) is 50.3 Å². The maximum absolute atomic E-state index is 11.8. The second-order valence-corrected chi connectivity index (χ2v) is 5.95.